The lowest BCUT2D eigenvalue weighted by Crippen LogP contribution is -2.53. The molecule has 0 aromatic heterocycles. The summed E-state index contributed by atoms with van der Waals surface area (Å²) in [6, 6.07) is 0. The fourth-order valence-corrected chi connectivity index (χ4v) is 4.90. The third-order valence-electron chi connectivity index (χ3n) is 6.98. The van der Waals surface area contributed by atoms with Crippen LogP contribution in [0.3, 0.4) is 0 Å². The Morgan fingerprint density at radius 2 is 1.55 bits per heavy atom. The van der Waals surface area contributed by atoms with Crippen LogP contribution < -0.4 is 5.32 Å². The van der Waals surface area contributed by atoms with Crippen molar-refractivity contribution in [2.24, 2.45) is 0 Å². The fraction of sp³-hybridized carbons (Fsp3) is 0.840. The minimum absolute atomic E-state index is 0.0704. The van der Waals surface area contributed by atoms with E-state index in [2.05, 4.69) is 20.0 Å². The molecule has 1 unspecified atom stereocenters. The highest BCUT2D eigenvalue weighted by molar-refractivity contribution is 5.92. The number of carbonyl (C=O) groups is 3. The molecule has 13 heteroatoms. The summed E-state index contributed by atoms with van der Waals surface area (Å²) in [6.45, 7) is 15.3. The van der Waals surface area contributed by atoms with Crippen LogP contribution in [0.1, 0.15) is 40.0 Å². The van der Waals surface area contributed by atoms with Crippen molar-refractivity contribution < 1.29 is 29.0 Å². The van der Waals surface area contributed by atoms with Gasteiger partial charge in [-0.25, -0.2) is 9.59 Å². The summed E-state index contributed by atoms with van der Waals surface area (Å²) in [5.41, 5.74) is -0.600. The van der Waals surface area contributed by atoms with Gasteiger partial charge in [-0.1, -0.05) is 0 Å². The molecule has 0 aromatic carbocycles. The molecule has 13 nitrogen and oxygen atoms in total. The number of hydrogen-bond donors (Lipinski definition) is 3. The number of amides is 2. The average molecular weight is 540 g/mol. The quantitative estimate of drug-likeness (QED) is 0.207. The Hall–Kier alpha value is -2.64. The van der Waals surface area contributed by atoms with Crippen LogP contribution in [0, 0.1) is 5.41 Å². The highest BCUT2D eigenvalue weighted by Gasteiger charge is 2.33. The van der Waals surface area contributed by atoms with Crippen LogP contribution in [-0.2, 0) is 14.3 Å². The van der Waals surface area contributed by atoms with E-state index < -0.39 is 17.7 Å². The number of nitrogens with one attached hydrogen (secondary N) is 2. The maximum atomic E-state index is 12.3. The molecule has 38 heavy (non-hydrogen) atoms. The molecular formula is C25H45N7O6. The van der Waals surface area contributed by atoms with E-state index in [-0.39, 0.29) is 24.6 Å². The Bertz CT molecular complexity index is 820. The Labute approximate surface area is 225 Å². The molecule has 216 valence electrons. The predicted molar refractivity (Wildman–Crippen MR) is 141 cm³/mol. The van der Waals surface area contributed by atoms with E-state index in [0.29, 0.717) is 32.7 Å². The molecule has 3 fully saturated rings. The van der Waals surface area contributed by atoms with Gasteiger partial charge in [0.05, 0.1) is 13.0 Å². The number of cyclic esters (lactones) is 1. The van der Waals surface area contributed by atoms with Gasteiger partial charge in [0, 0.05) is 72.0 Å². The maximum absolute atomic E-state index is 12.3. The number of carboxylic acid groups (broad SMARTS) is 1. The molecule has 0 bridgehead atoms. The van der Waals surface area contributed by atoms with Crippen LogP contribution in [-0.4, -0.2) is 151 Å². The second kappa shape index (κ2) is 13.9. The van der Waals surface area contributed by atoms with E-state index in [1.807, 2.05) is 4.90 Å². The Morgan fingerprint density at radius 1 is 0.974 bits per heavy atom. The normalized spacial score (nSPS) is 21.9. The van der Waals surface area contributed by atoms with E-state index >= 15 is 0 Å². The number of aliphatic carboxylic acids is 1. The van der Waals surface area contributed by atoms with Crippen molar-refractivity contribution in [3.05, 3.63) is 0 Å². The highest BCUT2D eigenvalue weighted by Crippen LogP contribution is 2.15. The van der Waals surface area contributed by atoms with Gasteiger partial charge in [-0.15, -0.1) is 0 Å². The summed E-state index contributed by atoms with van der Waals surface area (Å²) in [5.74, 6) is -0.694. The van der Waals surface area contributed by atoms with Crippen molar-refractivity contribution in [1.29, 1.82) is 5.41 Å². The lowest BCUT2D eigenvalue weighted by Gasteiger charge is -2.36. The van der Waals surface area contributed by atoms with Crippen LogP contribution in [0.4, 0.5) is 9.59 Å². The Balaban J connectivity index is 1.24. The molecule has 2 amide bonds. The number of rotatable bonds is 10. The molecule has 3 heterocycles. The second-order valence-electron chi connectivity index (χ2n) is 11.2. The molecule has 3 aliphatic heterocycles. The first-order valence-corrected chi connectivity index (χ1v) is 13.7. The first-order chi connectivity index (χ1) is 18.0. The minimum atomic E-state index is -0.765. The molecule has 0 aromatic rings. The number of unbranched alkanes of at least 4 members (excludes halogenated alkanes) is 1. The first-order valence-electron chi connectivity index (χ1n) is 13.7. The van der Waals surface area contributed by atoms with Crippen molar-refractivity contribution in [2.75, 3.05) is 85.1 Å². The molecule has 3 rings (SSSR count). The van der Waals surface area contributed by atoms with E-state index in [4.69, 9.17) is 20.0 Å². The predicted octanol–water partition coefficient (Wildman–Crippen LogP) is 0.757. The second-order valence-corrected chi connectivity index (χ2v) is 11.2. The summed E-state index contributed by atoms with van der Waals surface area (Å²) in [6.07, 6.45) is 1.08. The van der Waals surface area contributed by atoms with Crippen LogP contribution >= 0.6 is 0 Å². The van der Waals surface area contributed by atoms with Gasteiger partial charge in [-0.2, -0.15) is 0 Å². The van der Waals surface area contributed by atoms with Crippen LogP contribution in [0.5, 0.6) is 0 Å². The number of piperazine rings is 2. The molecule has 0 aliphatic carbocycles. The van der Waals surface area contributed by atoms with Crippen molar-refractivity contribution in [2.45, 2.75) is 51.7 Å². The number of hydrogen-bond acceptors (Lipinski definition) is 9. The molecule has 0 saturated carbocycles. The van der Waals surface area contributed by atoms with E-state index in [1.54, 1.807) is 25.7 Å². The van der Waals surface area contributed by atoms with Gasteiger partial charge in [-0.3, -0.25) is 25.3 Å². The van der Waals surface area contributed by atoms with Gasteiger partial charge in [0.25, 0.3) is 0 Å². The van der Waals surface area contributed by atoms with Gasteiger partial charge in [0.1, 0.15) is 11.7 Å². The highest BCUT2D eigenvalue weighted by atomic mass is 16.6. The summed E-state index contributed by atoms with van der Waals surface area (Å²) in [7, 11) is 0. The summed E-state index contributed by atoms with van der Waals surface area (Å²) in [4.78, 5) is 45.4. The average Bonchev–Trinajstić information content (AvgIpc) is 3.19. The number of alkyl carbamates (subject to hydrolysis) is 1. The van der Waals surface area contributed by atoms with E-state index in [9.17, 15) is 14.4 Å². The number of nitrogens with zero attached hydrogens (tertiary/aromatic N) is 5. The van der Waals surface area contributed by atoms with Gasteiger partial charge >= 0.3 is 18.2 Å². The standard InChI is InChI=1S/C25H45N7O6/c1-25(2,3)38-23(35)27-22(26)31-16-14-28(15-17-31)7-4-5-8-32-19-20(37-24(32)36)18-30-12-10-29(11-13-30)9-6-21(33)34/h20H,4-19H2,1-3H3,(H,33,34)(H2,26,27,35). The largest absolute Gasteiger partial charge is 0.481 e. The summed E-state index contributed by atoms with van der Waals surface area (Å²) < 4.78 is 10.8. The van der Waals surface area contributed by atoms with Crippen LogP contribution in [0.25, 0.3) is 0 Å². The SMILES string of the molecule is CC(C)(C)OC(=O)NC(=N)N1CCN(CCCCN2CC(CN3CCN(CCC(=O)O)CC3)OC2=O)CC1. The van der Waals surface area contributed by atoms with Gasteiger partial charge < -0.3 is 29.3 Å². The molecule has 3 N–H and O–H groups in total. The molecule has 1 atom stereocenters. The van der Waals surface area contributed by atoms with Gasteiger partial charge in [-0.05, 0) is 40.2 Å². The van der Waals surface area contributed by atoms with Crippen LogP contribution in [0.15, 0.2) is 0 Å². The fourth-order valence-electron chi connectivity index (χ4n) is 4.90. The van der Waals surface area contributed by atoms with Crippen molar-refractivity contribution in [3.8, 4) is 0 Å². The van der Waals surface area contributed by atoms with E-state index in [1.165, 1.54) is 0 Å². The maximum Gasteiger partial charge on any atom is 0.414 e. The summed E-state index contributed by atoms with van der Waals surface area (Å²) >= 11 is 0. The monoisotopic (exact) mass is 539 g/mol. The lowest BCUT2D eigenvalue weighted by molar-refractivity contribution is -0.137. The lowest BCUT2D eigenvalue weighted by atomic mass is 10.2. The number of ether oxygens (including phenoxy) is 2. The van der Waals surface area contributed by atoms with Crippen molar-refractivity contribution in [1.82, 2.24) is 29.8 Å². The third-order valence-corrected chi connectivity index (χ3v) is 6.98. The summed E-state index contributed by atoms with van der Waals surface area (Å²) in [5, 5.41) is 19.5. The smallest absolute Gasteiger partial charge is 0.414 e. The molecular weight excluding hydrogens is 494 g/mol. The minimum Gasteiger partial charge on any atom is -0.481 e. The number of carboxylic acids is 1. The topological polar surface area (TPSA) is 142 Å². The first kappa shape index (κ1) is 29.9. The number of carbonyl (C=O) groups excluding carboxylic acids is 2. The molecule has 0 radical (unpaired) electrons. The zero-order valence-electron chi connectivity index (χ0n) is 23.1. The number of guanidine groups is 1. The zero-order chi connectivity index (χ0) is 27.7. The third kappa shape index (κ3) is 10.3. The van der Waals surface area contributed by atoms with E-state index in [0.717, 1.165) is 65.2 Å². The Kier molecular flexibility index (Phi) is 11.0. The van der Waals surface area contributed by atoms with Crippen molar-refractivity contribution in [3.63, 3.8) is 0 Å². The molecule has 3 saturated heterocycles. The van der Waals surface area contributed by atoms with Crippen LogP contribution in [0.2, 0.25) is 0 Å². The van der Waals surface area contributed by atoms with Gasteiger partial charge in [0.15, 0.2) is 0 Å². The van der Waals surface area contributed by atoms with Gasteiger partial charge in [0.2, 0.25) is 5.96 Å². The Morgan fingerprint density at radius 3 is 2.18 bits per heavy atom. The molecule has 0 spiro atoms. The van der Waals surface area contributed by atoms with Crippen molar-refractivity contribution >= 4 is 24.1 Å². The zero-order valence-corrected chi connectivity index (χ0v) is 23.1. The molecule has 3 aliphatic rings.